The maximum atomic E-state index is 12.0. The molecule has 0 unspecified atom stereocenters. The molecule has 20 heavy (non-hydrogen) atoms. The first-order valence-corrected chi connectivity index (χ1v) is 7.35. The maximum absolute atomic E-state index is 12.0. The highest BCUT2D eigenvalue weighted by Crippen LogP contribution is 2.21. The molecule has 3 rings (SSSR count). The van der Waals surface area contributed by atoms with Gasteiger partial charge in [-0.05, 0) is 12.8 Å². The van der Waals surface area contributed by atoms with Crippen LogP contribution in [0.4, 0.5) is 4.79 Å². The van der Waals surface area contributed by atoms with Crippen molar-refractivity contribution in [3.05, 3.63) is 18.0 Å². The van der Waals surface area contributed by atoms with Crippen molar-refractivity contribution in [2.24, 2.45) is 7.05 Å². The van der Waals surface area contributed by atoms with Crippen molar-refractivity contribution in [1.82, 2.24) is 24.5 Å². The molecule has 0 radical (unpaired) electrons. The Morgan fingerprint density at radius 3 is 2.50 bits per heavy atom. The first-order valence-electron chi connectivity index (χ1n) is 7.35. The first-order chi connectivity index (χ1) is 9.63. The van der Waals surface area contributed by atoms with Gasteiger partial charge in [0.2, 0.25) is 0 Å². The molecule has 2 fully saturated rings. The molecule has 0 aliphatic carbocycles. The van der Waals surface area contributed by atoms with E-state index in [0.29, 0.717) is 6.04 Å². The van der Waals surface area contributed by atoms with Crippen molar-refractivity contribution in [2.75, 3.05) is 33.2 Å². The van der Waals surface area contributed by atoms with Crippen LogP contribution in [0.25, 0.3) is 0 Å². The number of carbonyl (C=O) groups is 1. The number of nitrogens with zero attached hydrogens (tertiary/aromatic N) is 5. The van der Waals surface area contributed by atoms with Crippen LogP contribution in [0.1, 0.15) is 18.4 Å². The quantitative estimate of drug-likeness (QED) is 0.819. The second-order valence-electron chi connectivity index (χ2n) is 5.93. The fourth-order valence-electron chi connectivity index (χ4n) is 3.21. The van der Waals surface area contributed by atoms with Crippen LogP contribution < -0.4 is 0 Å². The average molecular weight is 277 g/mol. The number of carbonyl (C=O) groups excluding carboxylic acids is 1. The molecular weight excluding hydrogens is 254 g/mol. The fraction of sp³-hybridized carbons (Fsp3) is 0.714. The number of rotatable bonds is 3. The molecule has 3 heterocycles. The number of amides is 2. The summed E-state index contributed by atoms with van der Waals surface area (Å²) in [5.74, 6) is 0. The molecule has 110 valence electrons. The molecule has 0 spiro atoms. The Morgan fingerprint density at radius 1 is 1.20 bits per heavy atom. The van der Waals surface area contributed by atoms with E-state index in [1.807, 2.05) is 29.9 Å². The molecule has 2 saturated heterocycles. The number of hydrogen-bond acceptors (Lipinski definition) is 3. The van der Waals surface area contributed by atoms with Crippen LogP contribution >= 0.6 is 0 Å². The summed E-state index contributed by atoms with van der Waals surface area (Å²) in [4.78, 5) is 18.3. The smallest absolute Gasteiger partial charge is 0.320 e. The van der Waals surface area contributed by atoms with E-state index in [4.69, 9.17) is 0 Å². The number of aryl methyl sites for hydroxylation is 1. The Hall–Kier alpha value is -1.56. The van der Waals surface area contributed by atoms with E-state index in [-0.39, 0.29) is 6.03 Å². The Kier molecular flexibility index (Phi) is 3.65. The third-order valence-corrected chi connectivity index (χ3v) is 4.41. The molecule has 0 saturated carbocycles. The minimum absolute atomic E-state index is 0.204. The number of likely N-dealkylation sites (N-methyl/N-ethyl adjacent to an activating group) is 1. The SMILES string of the molecule is CN1CCN(C2CCN(Cc3cnn(C)c3)CC2)C1=O. The molecule has 1 aromatic heterocycles. The van der Waals surface area contributed by atoms with Gasteiger partial charge in [0.1, 0.15) is 0 Å². The van der Waals surface area contributed by atoms with Gasteiger partial charge >= 0.3 is 6.03 Å². The van der Waals surface area contributed by atoms with Gasteiger partial charge in [0.15, 0.2) is 0 Å². The Balaban J connectivity index is 1.51. The van der Waals surface area contributed by atoms with Crippen molar-refractivity contribution < 1.29 is 4.79 Å². The van der Waals surface area contributed by atoms with Crippen LogP contribution in [-0.2, 0) is 13.6 Å². The lowest BCUT2D eigenvalue weighted by atomic mass is 10.0. The topological polar surface area (TPSA) is 44.6 Å². The predicted molar refractivity (Wildman–Crippen MR) is 76.2 cm³/mol. The van der Waals surface area contributed by atoms with Crippen LogP contribution in [-0.4, -0.2) is 69.8 Å². The summed E-state index contributed by atoms with van der Waals surface area (Å²) in [5, 5.41) is 4.21. The van der Waals surface area contributed by atoms with Crippen LogP contribution in [0.2, 0.25) is 0 Å². The summed E-state index contributed by atoms with van der Waals surface area (Å²) >= 11 is 0. The van der Waals surface area contributed by atoms with Crippen LogP contribution in [0, 0.1) is 0 Å². The lowest BCUT2D eigenvalue weighted by Gasteiger charge is -2.36. The summed E-state index contributed by atoms with van der Waals surface area (Å²) in [6.07, 6.45) is 6.18. The second kappa shape index (κ2) is 5.44. The number of hydrogen-bond donors (Lipinski definition) is 0. The van der Waals surface area contributed by atoms with Crippen molar-refractivity contribution in [2.45, 2.75) is 25.4 Å². The van der Waals surface area contributed by atoms with Gasteiger partial charge in [0.25, 0.3) is 0 Å². The number of urea groups is 1. The van der Waals surface area contributed by atoms with E-state index in [2.05, 4.69) is 21.1 Å². The van der Waals surface area contributed by atoms with Crippen LogP contribution in [0.3, 0.4) is 0 Å². The summed E-state index contributed by atoms with van der Waals surface area (Å²) in [6, 6.07) is 0.633. The van der Waals surface area contributed by atoms with Gasteiger partial charge in [-0.25, -0.2) is 4.79 Å². The Bertz CT molecular complexity index is 478. The molecule has 6 heteroatoms. The molecular formula is C14H23N5O. The Morgan fingerprint density at radius 2 is 1.95 bits per heavy atom. The van der Waals surface area contributed by atoms with Gasteiger partial charge in [0.05, 0.1) is 6.20 Å². The molecule has 0 bridgehead atoms. The van der Waals surface area contributed by atoms with Crippen molar-refractivity contribution >= 4 is 6.03 Å². The fourth-order valence-corrected chi connectivity index (χ4v) is 3.21. The lowest BCUT2D eigenvalue weighted by molar-refractivity contribution is 0.128. The van der Waals surface area contributed by atoms with Gasteiger partial charge in [-0.1, -0.05) is 0 Å². The minimum atomic E-state index is 0.204. The van der Waals surface area contributed by atoms with Gasteiger partial charge in [-0.2, -0.15) is 5.10 Å². The Labute approximate surface area is 119 Å². The summed E-state index contributed by atoms with van der Waals surface area (Å²) in [5.41, 5.74) is 1.27. The third-order valence-electron chi connectivity index (χ3n) is 4.41. The van der Waals surface area contributed by atoms with E-state index >= 15 is 0 Å². The molecule has 6 nitrogen and oxygen atoms in total. The molecule has 2 aliphatic heterocycles. The van der Waals surface area contributed by atoms with Gasteiger partial charge < -0.3 is 9.80 Å². The highest BCUT2D eigenvalue weighted by atomic mass is 16.2. The van der Waals surface area contributed by atoms with E-state index in [0.717, 1.165) is 45.6 Å². The summed E-state index contributed by atoms with van der Waals surface area (Å²) < 4.78 is 1.85. The zero-order valence-corrected chi connectivity index (χ0v) is 12.3. The first kappa shape index (κ1) is 13.4. The van der Waals surface area contributed by atoms with Crippen molar-refractivity contribution in [3.63, 3.8) is 0 Å². The molecule has 0 aromatic carbocycles. The van der Waals surface area contributed by atoms with Gasteiger partial charge in [-0.3, -0.25) is 9.58 Å². The maximum Gasteiger partial charge on any atom is 0.320 e. The number of aromatic nitrogens is 2. The number of piperidine rings is 1. The zero-order chi connectivity index (χ0) is 14.1. The normalized spacial score (nSPS) is 22.0. The van der Waals surface area contributed by atoms with Crippen LogP contribution in [0.5, 0.6) is 0 Å². The third kappa shape index (κ3) is 2.65. The van der Waals surface area contributed by atoms with E-state index in [1.165, 1.54) is 5.56 Å². The highest BCUT2D eigenvalue weighted by Gasteiger charge is 2.33. The summed E-state index contributed by atoms with van der Waals surface area (Å²) in [6.45, 7) is 4.85. The van der Waals surface area contributed by atoms with Crippen LogP contribution in [0.15, 0.2) is 12.4 Å². The standard InChI is InChI=1S/C14H23N5O/c1-16-7-8-19(14(16)20)13-3-5-18(6-4-13)11-12-9-15-17(2)10-12/h9-10,13H,3-8,11H2,1-2H3. The van der Waals surface area contributed by atoms with Gasteiger partial charge in [-0.15, -0.1) is 0 Å². The van der Waals surface area contributed by atoms with E-state index in [9.17, 15) is 4.79 Å². The molecule has 0 N–H and O–H groups in total. The molecule has 2 amide bonds. The van der Waals surface area contributed by atoms with E-state index < -0.39 is 0 Å². The highest BCUT2D eigenvalue weighted by molar-refractivity contribution is 5.76. The molecule has 1 aromatic rings. The average Bonchev–Trinajstić information content (AvgIpc) is 2.99. The predicted octanol–water partition coefficient (Wildman–Crippen LogP) is 0.752. The van der Waals surface area contributed by atoms with E-state index in [1.54, 1.807) is 0 Å². The molecule has 2 aliphatic rings. The minimum Gasteiger partial charge on any atom is -0.326 e. The van der Waals surface area contributed by atoms with Crippen molar-refractivity contribution in [3.8, 4) is 0 Å². The number of likely N-dealkylation sites (tertiary alicyclic amines) is 1. The summed E-state index contributed by atoms with van der Waals surface area (Å²) in [7, 11) is 3.84. The monoisotopic (exact) mass is 277 g/mol. The largest absolute Gasteiger partial charge is 0.326 e. The van der Waals surface area contributed by atoms with Gasteiger partial charge in [0, 0.05) is 64.6 Å². The zero-order valence-electron chi connectivity index (χ0n) is 12.3. The lowest BCUT2D eigenvalue weighted by Crippen LogP contribution is -2.46. The molecule has 0 atom stereocenters. The van der Waals surface area contributed by atoms with Crippen molar-refractivity contribution in [1.29, 1.82) is 0 Å². The second-order valence-corrected chi connectivity index (χ2v) is 5.93.